The second kappa shape index (κ2) is 6.64. The second-order valence-corrected chi connectivity index (χ2v) is 7.32. The number of aryl methyl sites for hydroxylation is 1. The normalized spacial score (nSPS) is 23.7. The average Bonchev–Trinajstić information content (AvgIpc) is 3.28. The number of piperazine rings is 1. The monoisotopic (exact) mass is 338 g/mol. The van der Waals surface area contributed by atoms with E-state index in [9.17, 15) is 4.79 Å². The van der Waals surface area contributed by atoms with Gasteiger partial charge in [0, 0.05) is 36.9 Å². The van der Waals surface area contributed by atoms with Crippen LogP contribution in [0, 0.1) is 6.92 Å². The molecule has 0 unspecified atom stereocenters. The number of rotatable bonds is 3. The van der Waals surface area contributed by atoms with Gasteiger partial charge in [-0.3, -0.25) is 9.69 Å². The molecule has 25 heavy (non-hydrogen) atoms. The van der Waals surface area contributed by atoms with Crippen molar-refractivity contribution in [3.8, 4) is 5.69 Å². The minimum atomic E-state index is 0.168. The highest BCUT2D eigenvalue weighted by Crippen LogP contribution is 2.27. The van der Waals surface area contributed by atoms with Gasteiger partial charge in [0.05, 0.1) is 11.9 Å². The van der Waals surface area contributed by atoms with Gasteiger partial charge in [-0.1, -0.05) is 6.92 Å². The minimum absolute atomic E-state index is 0.168. The van der Waals surface area contributed by atoms with Gasteiger partial charge in [-0.25, -0.2) is 4.68 Å². The summed E-state index contributed by atoms with van der Waals surface area (Å²) in [4.78, 5) is 17.8. The summed E-state index contributed by atoms with van der Waals surface area (Å²) in [6, 6.07) is 8.71. The Balaban J connectivity index is 1.53. The molecule has 0 spiro atoms. The zero-order valence-corrected chi connectivity index (χ0v) is 15.1. The van der Waals surface area contributed by atoms with E-state index in [0.29, 0.717) is 12.1 Å². The highest BCUT2D eigenvalue weighted by Gasteiger charge is 2.37. The van der Waals surface area contributed by atoms with E-state index in [1.807, 2.05) is 48.3 Å². The molecule has 2 atom stereocenters. The Hall–Kier alpha value is -2.14. The lowest BCUT2D eigenvalue weighted by Crippen LogP contribution is -2.57. The first-order valence-corrected chi connectivity index (χ1v) is 9.32. The summed E-state index contributed by atoms with van der Waals surface area (Å²) in [5.74, 6) is 0.168. The fourth-order valence-electron chi connectivity index (χ4n) is 4.16. The van der Waals surface area contributed by atoms with Crippen LogP contribution in [-0.4, -0.2) is 57.2 Å². The van der Waals surface area contributed by atoms with Crippen LogP contribution >= 0.6 is 0 Å². The molecule has 1 aromatic carbocycles. The summed E-state index contributed by atoms with van der Waals surface area (Å²) < 4.78 is 1.84. The van der Waals surface area contributed by atoms with Gasteiger partial charge < -0.3 is 4.90 Å². The first kappa shape index (κ1) is 16.3. The zero-order valence-electron chi connectivity index (χ0n) is 15.1. The Morgan fingerprint density at radius 2 is 2.04 bits per heavy atom. The zero-order chi connectivity index (χ0) is 17.4. The molecule has 0 saturated carbocycles. The van der Waals surface area contributed by atoms with Gasteiger partial charge in [0.15, 0.2) is 0 Å². The Morgan fingerprint density at radius 3 is 2.72 bits per heavy atom. The molecule has 0 bridgehead atoms. The van der Waals surface area contributed by atoms with Crippen molar-refractivity contribution in [1.29, 1.82) is 0 Å². The highest BCUT2D eigenvalue weighted by molar-refractivity contribution is 5.94. The molecule has 1 amide bonds. The van der Waals surface area contributed by atoms with E-state index in [0.717, 1.165) is 36.3 Å². The van der Waals surface area contributed by atoms with Gasteiger partial charge in [0.2, 0.25) is 0 Å². The van der Waals surface area contributed by atoms with Crippen molar-refractivity contribution in [2.24, 2.45) is 0 Å². The first-order chi connectivity index (χ1) is 12.2. The van der Waals surface area contributed by atoms with Gasteiger partial charge >= 0.3 is 0 Å². The van der Waals surface area contributed by atoms with Crippen molar-refractivity contribution >= 4 is 5.91 Å². The molecule has 4 rings (SSSR count). The lowest BCUT2D eigenvalue weighted by Gasteiger charge is -2.43. The van der Waals surface area contributed by atoms with Crippen molar-refractivity contribution in [3.05, 3.63) is 47.8 Å². The predicted molar refractivity (Wildman–Crippen MR) is 98.0 cm³/mol. The number of aromatic nitrogens is 2. The summed E-state index contributed by atoms with van der Waals surface area (Å²) in [5, 5.41) is 4.33. The molecular formula is C20H26N4O. The van der Waals surface area contributed by atoms with Gasteiger partial charge in [0.1, 0.15) is 0 Å². The van der Waals surface area contributed by atoms with Crippen molar-refractivity contribution < 1.29 is 4.79 Å². The number of nitrogens with zero attached hydrogens (tertiary/aromatic N) is 4. The van der Waals surface area contributed by atoms with E-state index in [2.05, 4.69) is 21.8 Å². The average molecular weight is 338 g/mol. The second-order valence-electron chi connectivity index (χ2n) is 7.32. The van der Waals surface area contributed by atoms with E-state index in [4.69, 9.17) is 0 Å². The molecule has 2 aliphatic heterocycles. The molecule has 0 aliphatic carbocycles. The third-order valence-corrected chi connectivity index (χ3v) is 5.62. The summed E-state index contributed by atoms with van der Waals surface area (Å²) >= 11 is 0. The molecule has 0 radical (unpaired) electrons. The maximum absolute atomic E-state index is 13.1. The van der Waals surface area contributed by atoms with Gasteiger partial charge in [-0.2, -0.15) is 5.10 Å². The molecule has 3 heterocycles. The fraction of sp³-hybridized carbons (Fsp3) is 0.500. The third kappa shape index (κ3) is 3.09. The van der Waals surface area contributed by atoms with Crippen molar-refractivity contribution in [3.63, 3.8) is 0 Å². The molecule has 5 nitrogen and oxygen atoms in total. The molecule has 1 aromatic heterocycles. The lowest BCUT2D eigenvalue weighted by molar-refractivity contribution is 0.0345. The number of carbonyl (C=O) groups is 1. The molecule has 5 heteroatoms. The molecule has 2 aliphatic rings. The van der Waals surface area contributed by atoms with Crippen LogP contribution < -0.4 is 0 Å². The Kier molecular flexibility index (Phi) is 4.34. The molecular weight excluding hydrogens is 312 g/mol. The molecule has 2 fully saturated rings. The SMILES string of the molecule is CC[C@@H]1CN2CCC[C@@H]2CN1C(=O)c1ccc(-n2cc(C)cn2)cc1. The third-order valence-electron chi connectivity index (χ3n) is 5.62. The van der Waals surface area contributed by atoms with Crippen LogP contribution in [0.4, 0.5) is 0 Å². The van der Waals surface area contributed by atoms with E-state index < -0.39 is 0 Å². The van der Waals surface area contributed by atoms with Crippen LogP contribution in [0.2, 0.25) is 0 Å². The van der Waals surface area contributed by atoms with Crippen LogP contribution in [0.3, 0.4) is 0 Å². The van der Waals surface area contributed by atoms with E-state index in [1.165, 1.54) is 19.4 Å². The Morgan fingerprint density at radius 1 is 1.24 bits per heavy atom. The van der Waals surface area contributed by atoms with Crippen LogP contribution in [0.1, 0.15) is 42.1 Å². The van der Waals surface area contributed by atoms with E-state index in [1.54, 1.807) is 0 Å². The number of hydrogen-bond donors (Lipinski definition) is 0. The van der Waals surface area contributed by atoms with E-state index >= 15 is 0 Å². The lowest BCUT2D eigenvalue weighted by atomic mass is 10.0. The fourth-order valence-corrected chi connectivity index (χ4v) is 4.16. The summed E-state index contributed by atoms with van der Waals surface area (Å²) in [6.45, 7) is 7.30. The van der Waals surface area contributed by atoms with Crippen LogP contribution in [0.5, 0.6) is 0 Å². The maximum atomic E-state index is 13.1. The van der Waals surface area contributed by atoms with Crippen LogP contribution in [0.25, 0.3) is 5.69 Å². The standard InChI is InChI=1S/C20H26N4O/c1-3-17-13-22-10-4-5-19(22)14-23(17)20(25)16-6-8-18(9-7-16)24-12-15(2)11-21-24/h6-9,11-12,17,19H,3-5,10,13-14H2,1-2H3/t17-,19-/m1/s1. The summed E-state index contributed by atoms with van der Waals surface area (Å²) in [6.07, 6.45) is 7.33. The van der Waals surface area contributed by atoms with Crippen molar-refractivity contribution in [2.75, 3.05) is 19.6 Å². The molecule has 132 valence electrons. The predicted octanol–water partition coefficient (Wildman–Crippen LogP) is 2.88. The molecule has 2 aromatic rings. The number of benzene rings is 1. The quantitative estimate of drug-likeness (QED) is 0.864. The number of hydrogen-bond acceptors (Lipinski definition) is 3. The Labute approximate surface area is 149 Å². The van der Waals surface area contributed by atoms with Gasteiger partial charge in [0.25, 0.3) is 5.91 Å². The molecule has 0 N–H and O–H groups in total. The van der Waals surface area contributed by atoms with Gasteiger partial charge in [-0.15, -0.1) is 0 Å². The molecule has 2 saturated heterocycles. The van der Waals surface area contributed by atoms with Gasteiger partial charge in [-0.05, 0) is 62.6 Å². The van der Waals surface area contributed by atoms with Crippen molar-refractivity contribution in [1.82, 2.24) is 19.6 Å². The topological polar surface area (TPSA) is 41.4 Å². The number of carbonyl (C=O) groups excluding carboxylic acids is 1. The summed E-state index contributed by atoms with van der Waals surface area (Å²) in [7, 11) is 0. The Bertz CT molecular complexity index is 751. The van der Waals surface area contributed by atoms with Crippen LogP contribution in [0.15, 0.2) is 36.7 Å². The van der Waals surface area contributed by atoms with Crippen molar-refractivity contribution in [2.45, 2.75) is 45.2 Å². The van der Waals surface area contributed by atoms with Crippen LogP contribution in [-0.2, 0) is 0 Å². The largest absolute Gasteiger partial charge is 0.333 e. The van der Waals surface area contributed by atoms with E-state index in [-0.39, 0.29) is 5.91 Å². The maximum Gasteiger partial charge on any atom is 0.254 e. The number of amides is 1. The first-order valence-electron chi connectivity index (χ1n) is 9.32. The number of fused-ring (bicyclic) bond motifs is 1. The highest BCUT2D eigenvalue weighted by atomic mass is 16.2. The summed E-state index contributed by atoms with van der Waals surface area (Å²) in [5.41, 5.74) is 2.88. The minimum Gasteiger partial charge on any atom is -0.333 e. The smallest absolute Gasteiger partial charge is 0.254 e.